The number of aliphatic hydroxyl groups is 1. The second kappa shape index (κ2) is 5.82. The standard InChI is InChI=1S/C17H22N4O2/c1-11-8-15(20-12(2)13(11)9-18)21-7-4-14(22)17(10-21)5-3-6-19-16(17)23/h8,14,22H,3-7,10H2,1-2H3,(H,19,23)/t14-,17-/m1/s1. The summed E-state index contributed by atoms with van der Waals surface area (Å²) in [6.07, 6.45) is 1.52. The van der Waals surface area contributed by atoms with Crippen LogP contribution in [0.5, 0.6) is 0 Å². The van der Waals surface area contributed by atoms with Crippen LogP contribution in [0.15, 0.2) is 6.07 Å². The van der Waals surface area contributed by atoms with Gasteiger partial charge in [-0.15, -0.1) is 0 Å². The van der Waals surface area contributed by atoms with Gasteiger partial charge in [0.15, 0.2) is 0 Å². The average molecular weight is 314 g/mol. The number of nitrogens with one attached hydrogen (secondary N) is 1. The van der Waals surface area contributed by atoms with E-state index in [4.69, 9.17) is 0 Å². The number of aliphatic hydroxyl groups excluding tert-OH is 1. The number of carbonyl (C=O) groups is 1. The zero-order valence-corrected chi connectivity index (χ0v) is 13.6. The van der Waals surface area contributed by atoms with Gasteiger partial charge in [-0.3, -0.25) is 4.79 Å². The summed E-state index contributed by atoms with van der Waals surface area (Å²) in [5.41, 5.74) is 1.46. The van der Waals surface area contributed by atoms with Gasteiger partial charge in [-0.25, -0.2) is 4.98 Å². The number of piperidine rings is 2. The normalized spacial score (nSPS) is 27.7. The number of pyridine rings is 1. The van der Waals surface area contributed by atoms with E-state index in [2.05, 4.69) is 21.3 Å². The average Bonchev–Trinajstić information content (AvgIpc) is 2.52. The highest BCUT2D eigenvalue weighted by molar-refractivity contribution is 5.85. The molecule has 0 aromatic carbocycles. The summed E-state index contributed by atoms with van der Waals surface area (Å²) in [6, 6.07) is 4.08. The van der Waals surface area contributed by atoms with Crippen LogP contribution in [-0.2, 0) is 4.79 Å². The molecule has 0 radical (unpaired) electrons. The second-order valence-corrected chi connectivity index (χ2v) is 6.61. The summed E-state index contributed by atoms with van der Waals surface area (Å²) in [7, 11) is 0. The van der Waals surface area contributed by atoms with Gasteiger partial charge in [-0.05, 0) is 44.7 Å². The van der Waals surface area contributed by atoms with Crippen molar-refractivity contribution in [3.05, 3.63) is 22.9 Å². The minimum absolute atomic E-state index is 0.0527. The predicted octanol–water partition coefficient (Wildman–Crippen LogP) is 1.04. The maximum absolute atomic E-state index is 12.4. The zero-order chi connectivity index (χ0) is 16.6. The van der Waals surface area contributed by atoms with Crippen molar-refractivity contribution in [2.45, 2.75) is 39.2 Å². The van der Waals surface area contributed by atoms with Gasteiger partial charge in [0.2, 0.25) is 5.91 Å². The summed E-state index contributed by atoms with van der Waals surface area (Å²) in [5.74, 6) is 0.728. The summed E-state index contributed by atoms with van der Waals surface area (Å²) in [6.45, 7) is 5.54. The van der Waals surface area contributed by atoms with Crippen molar-refractivity contribution < 1.29 is 9.90 Å². The molecule has 6 heteroatoms. The van der Waals surface area contributed by atoms with Crippen LogP contribution in [0.2, 0.25) is 0 Å². The number of nitriles is 1. The zero-order valence-electron chi connectivity index (χ0n) is 13.6. The number of carbonyl (C=O) groups excluding carboxylic acids is 1. The summed E-state index contributed by atoms with van der Waals surface area (Å²) < 4.78 is 0. The molecule has 0 bridgehead atoms. The van der Waals surface area contributed by atoms with Crippen LogP contribution in [0.4, 0.5) is 5.82 Å². The first-order valence-electron chi connectivity index (χ1n) is 8.07. The predicted molar refractivity (Wildman–Crippen MR) is 85.9 cm³/mol. The fourth-order valence-corrected chi connectivity index (χ4v) is 3.78. The van der Waals surface area contributed by atoms with Crippen molar-refractivity contribution >= 4 is 11.7 Å². The molecular formula is C17H22N4O2. The van der Waals surface area contributed by atoms with Crippen molar-refractivity contribution in [1.82, 2.24) is 10.3 Å². The SMILES string of the molecule is Cc1cc(N2CC[C@@H](O)[C@@]3(CCCNC3=O)C2)nc(C)c1C#N. The Labute approximate surface area is 136 Å². The Bertz CT molecular complexity index is 659. The molecule has 1 aromatic heterocycles. The largest absolute Gasteiger partial charge is 0.392 e. The molecule has 2 atom stereocenters. The van der Waals surface area contributed by atoms with E-state index in [9.17, 15) is 15.2 Å². The molecular weight excluding hydrogens is 292 g/mol. The molecule has 2 aliphatic rings. The third kappa shape index (κ3) is 2.55. The van der Waals surface area contributed by atoms with Crippen molar-refractivity contribution in [2.24, 2.45) is 5.41 Å². The van der Waals surface area contributed by atoms with Gasteiger partial charge in [0.1, 0.15) is 11.9 Å². The Morgan fingerprint density at radius 2 is 2.30 bits per heavy atom. The van der Waals surface area contributed by atoms with E-state index in [0.717, 1.165) is 17.8 Å². The number of aryl methyl sites for hydroxylation is 2. The van der Waals surface area contributed by atoms with Crippen molar-refractivity contribution in [2.75, 3.05) is 24.5 Å². The topological polar surface area (TPSA) is 89.2 Å². The van der Waals surface area contributed by atoms with Crippen LogP contribution in [0.25, 0.3) is 0 Å². The summed E-state index contributed by atoms with van der Waals surface area (Å²) in [4.78, 5) is 19.0. The van der Waals surface area contributed by atoms with Gasteiger partial charge in [0, 0.05) is 19.6 Å². The lowest BCUT2D eigenvalue weighted by Crippen LogP contribution is -2.61. The Kier molecular flexibility index (Phi) is 3.99. The maximum Gasteiger partial charge on any atom is 0.230 e. The Morgan fingerprint density at radius 3 is 2.96 bits per heavy atom. The van der Waals surface area contributed by atoms with Crippen LogP contribution in [0.3, 0.4) is 0 Å². The quantitative estimate of drug-likeness (QED) is 0.808. The highest BCUT2D eigenvalue weighted by Gasteiger charge is 2.50. The first-order valence-corrected chi connectivity index (χ1v) is 8.07. The molecule has 2 fully saturated rings. The molecule has 1 amide bonds. The molecule has 3 heterocycles. The molecule has 23 heavy (non-hydrogen) atoms. The van der Waals surface area contributed by atoms with Gasteiger partial charge in [0.25, 0.3) is 0 Å². The van der Waals surface area contributed by atoms with Crippen LogP contribution < -0.4 is 10.2 Å². The van der Waals surface area contributed by atoms with E-state index < -0.39 is 11.5 Å². The van der Waals surface area contributed by atoms with Gasteiger partial charge in [-0.2, -0.15) is 5.26 Å². The molecule has 2 saturated heterocycles. The Balaban J connectivity index is 1.93. The van der Waals surface area contributed by atoms with Crippen LogP contribution in [0, 0.1) is 30.6 Å². The second-order valence-electron chi connectivity index (χ2n) is 6.61. The minimum atomic E-state index is -0.742. The summed E-state index contributed by atoms with van der Waals surface area (Å²) >= 11 is 0. The molecule has 0 saturated carbocycles. The smallest absolute Gasteiger partial charge is 0.230 e. The fraction of sp³-hybridized carbons (Fsp3) is 0.588. The van der Waals surface area contributed by atoms with Crippen molar-refractivity contribution in [3.63, 3.8) is 0 Å². The number of amides is 1. The number of rotatable bonds is 1. The van der Waals surface area contributed by atoms with Gasteiger partial charge >= 0.3 is 0 Å². The lowest BCUT2D eigenvalue weighted by Gasteiger charge is -2.47. The van der Waals surface area contributed by atoms with E-state index in [1.807, 2.05) is 19.9 Å². The van der Waals surface area contributed by atoms with Gasteiger partial charge in [0.05, 0.1) is 22.8 Å². The molecule has 0 aliphatic carbocycles. The van der Waals surface area contributed by atoms with E-state index in [0.29, 0.717) is 43.7 Å². The number of aromatic nitrogens is 1. The van der Waals surface area contributed by atoms with Crippen molar-refractivity contribution in [1.29, 1.82) is 5.26 Å². The molecule has 2 N–H and O–H groups in total. The Hall–Kier alpha value is -2.13. The Morgan fingerprint density at radius 1 is 1.52 bits per heavy atom. The van der Waals surface area contributed by atoms with Crippen molar-refractivity contribution in [3.8, 4) is 6.07 Å². The van der Waals surface area contributed by atoms with E-state index in [1.54, 1.807) is 0 Å². The number of anilines is 1. The molecule has 6 nitrogen and oxygen atoms in total. The number of nitrogens with zero attached hydrogens (tertiary/aromatic N) is 3. The lowest BCUT2D eigenvalue weighted by atomic mass is 9.71. The minimum Gasteiger partial charge on any atom is -0.392 e. The van der Waals surface area contributed by atoms with Crippen LogP contribution in [0.1, 0.15) is 36.1 Å². The van der Waals surface area contributed by atoms with E-state index in [1.165, 1.54) is 0 Å². The molecule has 3 rings (SSSR count). The molecule has 0 unspecified atom stereocenters. The van der Waals surface area contributed by atoms with E-state index >= 15 is 0 Å². The summed E-state index contributed by atoms with van der Waals surface area (Å²) in [5, 5.41) is 22.5. The monoisotopic (exact) mass is 314 g/mol. The maximum atomic E-state index is 12.4. The first kappa shape index (κ1) is 15.8. The fourth-order valence-electron chi connectivity index (χ4n) is 3.78. The highest BCUT2D eigenvalue weighted by Crippen LogP contribution is 2.38. The number of hydrogen-bond acceptors (Lipinski definition) is 5. The van der Waals surface area contributed by atoms with Crippen LogP contribution >= 0.6 is 0 Å². The van der Waals surface area contributed by atoms with Gasteiger partial charge in [-0.1, -0.05) is 0 Å². The first-order chi connectivity index (χ1) is 11.0. The molecule has 122 valence electrons. The van der Waals surface area contributed by atoms with E-state index in [-0.39, 0.29) is 5.91 Å². The van der Waals surface area contributed by atoms with Gasteiger partial charge < -0.3 is 15.3 Å². The molecule has 2 aliphatic heterocycles. The number of hydrogen-bond donors (Lipinski definition) is 2. The molecule has 1 aromatic rings. The molecule has 1 spiro atoms. The van der Waals surface area contributed by atoms with Crippen LogP contribution in [-0.4, -0.2) is 41.7 Å². The third-order valence-corrected chi connectivity index (χ3v) is 5.14. The highest BCUT2D eigenvalue weighted by atomic mass is 16.3. The third-order valence-electron chi connectivity index (χ3n) is 5.14. The lowest BCUT2D eigenvalue weighted by molar-refractivity contribution is -0.142.